The van der Waals surface area contributed by atoms with Crippen molar-refractivity contribution in [3.05, 3.63) is 0 Å². The molecule has 0 atom stereocenters. The van der Waals surface area contributed by atoms with Crippen LogP contribution in [0.5, 0.6) is 0 Å². The van der Waals surface area contributed by atoms with Crippen LogP contribution < -0.4 is 31.9 Å². The monoisotopic (exact) mass is 1080 g/mol. The number of unbranched alkanes of at least 4 members (excludes halogenated alkanes) is 26. The molecule has 0 heterocycles. The molecule has 0 fully saturated rings. The van der Waals surface area contributed by atoms with Crippen molar-refractivity contribution in [2.24, 2.45) is 0 Å². The molecule has 0 bridgehead atoms. The van der Waals surface area contributed by atoms with E-state index in [4.69, 9.17) is 18.9 Å². The summed E-state index contributed by atoms with van der Waals surface area (Å²) in [5, 5.41) is 18.6. The fraction of sp³-hybridized carbons (Fsp3) is 0.968. The molecule has 0 rings (SSSR count). The highest BCUT2D eigenvalue weighted by Crippen LogP contribution is 2.11. The predicted octanol–water partition coefficient (Wildman–Crippen LogP) is 16.0. The van der Waals surface area contributed by atoms with Crippen LogP contribution >= 0.6 is 0 Å². The van der Waals surface area contributed by atoms with Crippen molar-refractivity contribution in [3.63, 3.8) is 0 Å². The maximum absolute atomic E-state index is 11.7. The Labute approximate surface area is 470 Å². The van der Waals surface area contributed by atoms with Crippen LogP contribution in [-0.4, -0.2) is 134 Å². The van der Waals surface area contributed by atoms with Crippen molar-refractivity contribution in [2.75, 3.05) is 122 Å². The van der Waals surface area contributed by atoms with Crippen LogP contribution in [0.2, 0.25) is 0 Å². The number of carbonyl (C=O) groups is 2. The van der Waals surface area contributed by atoms with Gasteiger partial charge in [-0.3, -0.25) is 9.59 Å². The molecule has 74 heavy (non-hydrogen) atoms. The standard InChI is InChI=1S/C18H38N2O2.C14H30N2O2.C14H31NO.C8H19NO.8CH4/c1-19-15-11-7-8-12-16-20-18(21)14-10-6-4-3-5-9-13-17-22-2;1-15-11-7-3-4-8-12-16-14(17)10-6-5-9-13-18-2;1-15-13-11-9-7-5-3-4-6-8-10-12-14-16-2;1-9-7-5-3-4-6-8-10-2;;;;;;;;/h19H,3-17H2,1-2H3,(H,20,21);15H,3-13H2,1-2H3,(H,16,17);15H,3-14H2,1-2H3;9H,3-8H2,1-2H3;8*1H4. The van der Waals surface area contributed by atoms with Gasteiger partial charge in [0.15, 0.2) is 0 Å². The zero-order valence-electron chi connectivity index (χ0n) is 45.6. The van der Waals surface area contributed by atoms with Gasteiger partial charge in [-0.05, 0) is 131 Å². The molecule has 6 N–H and O–H groups in total. The Balaban J connectivity index is -0.0000000686. The fourth-order valence-electron chi connectivity index (χ4n) is 7.18. The van der Waals surface area contributed by atoms with E-state index < -0.39 is 0 Å². The summed E-state index contributed by atoms with van der Waals surface area (Å²) in [7, 11) is 15.0. The average molecular weight is 1080 g/mol. The minimum absolute atomic E-state index is 0. The number of nitrogens with one attached hydrogen (secondary N) is 6. The number of carbonyl (C=O) groups excluding carboxylic acids is 2. The molecule has 0 aromatic carbocycles. The Morgan fingerprint density at radius 2 is 0.405 bits per heavy atom. The zero-order valence-corrected chi connectivity index (χ0v) is 45.6. The van der Waals surface area contributed by atoms with Gasteiger partial charge in [0.2, 0.25) is 11.8 Å². The highest BCUT2D eigenvalue weighted by atomic mass is 16.5. The second-order valence-corrected chi connectivity index (χ2v) is 17.9. The molecular formula is C62H150N6O6. The maximum atomic E-state index is 11.7. The quantitative estimate of drug-likeness (QED) is 0.0326. The molecule has 2 amide bonds. The second kappa shape index (κ2) is 104. The molecule has 0 aromatic rings. The largest absolute Gasteiger partial charge is 0.385 e. The first-order chi connectivity index (χ1) is 32.4. The predicted molar refractivity (Wildman–Crippen MR) is 340 cm³/mol. The average Bonchev–Trinajstić information content (AvgIpc) is 3.32. The number of rotatable bonds is 50. The van der Waals surface area contributed by atoms with Crippen LogP contribution in [0.15, 0.2) is 0 Å². The van der Waals surface area contributed by atoms with Gasteiger partial charge in [-0.15, -0.1) is 0 Å². The lowest BCUT2D eigenvalue weighted by Crippen LogP contribution is -2.24. The Hall–Kier alpha value is -1.38. The van der Waals surface area contributed by atoms with Crippen molar-refractivity contribution >= 4 is 11.8 Å². The van der Waals surface area contributed by atoms with Crippen LogP contribution in [0.1, 0.15) is 278 Å². The van der Waals surface area contributed by atoms with Crippen molar-refractivity contribution in [3.8, 4) is 0 Å². The number of methoxy groups -OCH3 is 4. The van der Waals surface area contributed by atoms with E-state index in [0.29, 0.717) is 12.8 Å². The molecular weight excluding hydrogens is 925 g/mol. The molecule has 0 aliphatic carbocycles. The second-order valence-electron chi connectivity index (χ2n) is 17.9. The van der Waals surface area contributed by atoms with Gasteiger partial charge in [-0.25, -0.2) is 0 Å². The maximum Gasteiger partial charge on any atom is 0.219 e. The third kappa shape index (κ3) is 115. The van der Waals surface area contributed by atoms with Crippen LogP contribution in [0, 0.1) is 0 Å². The summed E-state index contributed by atoms with van der Waals surface area (Å²) in [6.07, 6.45) is 41.5. The third-order valence-corrected chi connectivity index (χ3v) is 11.4. The summed E-state index contributed by atoms with van der Waals surface area (Å²) < 4.78 is 20.0. The van der Waals surface area contributed by atoms with E-state index in [-0.39, 0.29) is 71.2 Å². The van der Waals surface area contributed by atoms with Gasteiger partial charge in [-0.2, -0.15) is 0 Å². The molecule has 12 heteroatoms. The highest BCUT2D eigenvalue weighted by Gasteiger charge is 2.02. The normalized spacial score (nSPS) is 9.51. The van der Waals surface area contributed by atoms with E-state index in [1.54, 1.807) is 28.4 Å². The first-order valence-electron chi connectivity index (χ1n) is 27.5. The van der Waals surface area contributed by atoms with Crippen molar-refractivity contribution < 1.29 is 28.5 Å². The molecule has 0 saturated carbocycles. The minimum atomic E-state index is 0. The van der Waals surface area contributed by atoms with E-state index in [9.17, 15) is 9.59 Å². The third-order valence-electron chi connectivity index (χ3n) is 11.4. The van der Waals surface area contributed by atoms with E-state index in [1.807, 2.05) is 28.2 Å². The minimum Gasteiger partial charge on any atom is -0.385 e. The molecule has 0 aliphatic rings. The van der Waals surface area contributed by atoms with Crippen LogP contribution in [0.25, 0.3) is 0 Å². The molecule has 0 radical (unpaired) electrons. The highest BCUT2D eigenvalue weighted by molar-refractivity contribution is 5.76. The van der Waals surface area contributed by atoms with Gasteiger partial charge in [-0.1, -0.05) is 188 Å². The van der Waals surface area contributed by atoms with Gasteiger partial charge >= 0.3 is 0 Å². The lowest BCUT2D eigenvalue weighted by atomic mass is 10.1. The molecule has 12 nitrogen and oxygen atoms in total. The van der Waals surface area contributed by atoms with Gasteiger partial charge < -0.3 is 50.8 Å². The zero-order chi connectivity index (χ0) is 49.3. The van der Waals surface area contributed by atoms with Gasteiger partial charge in [0.05, 0.1) is 0 Å². The fourth-order valence-corrected chi connectivity index (χ4v) is 7.18. The lowest BCUT2D eigenvalue weighted by Gasteiger charge is -2.05. The van der Waals surface area contributed by atoms with E-state index in [0.717, 1.165) is 97.7 Å². The summed E-state index contributed by atoms with van der Waals surface area (Å²) in [6.45, 7) is 9.72. The number of hydrogen-bond acceptors (Lipinski definition) is 10. The van der Waals surface area contributed by atoms with E-state index in [1.165, 1.54) is 173 Å². The Morgan fingerprint density at radius 3 is 0.608 bits per heavy atom. The van der Waals surface area contributed by atoms with Gasteiger partial charge in [0.1, 0.15) is 0 Å². The van der Waals surface area contributed by atoms with Crippen LogP contribution in [0.3, 0.4) is 0 Å². The molecule has 0 saturated heterocycles. The summed E-state index contributed by atoms with van der Waals surface area (Å²) in [5.41, 5.74) is 0. The SMILES string of the molecule is C.C.C.C.C.C.C.C.CNCCCCCCCCCCCCOC.CNCCCCCCNC(=O)CCCCCCCCCOC.CNCCCCCCNC(=O)CCCCCOC.CNCCCCCCOC. The summed E-state index contributed by atoms with van der Waals surface area (Å²) in [4.78, 5) is 23.1. The smallest absolute Gasteiger partial charge is 0.219 e. The molecule has 464 valence electrons. The van der Waals surface area contributed by atoms with Crippen molar-refractivity contribution in [1.82, 2.24) is 31.9 Å². The summed E-state index contributed by atoms with van der Waals surface area (Å²) in [6, 6.07) is 0. The number of ether oxygens (including phenoxy) is 4. The molecule has 0 spiro atoms. The first-order valence-corrected chi connectivity index (χ1v) is 27.5. The number of amides is 2. The van der Waals surface area contributed by atoms with Crippen LogP contribution in [0.4, 0.5) is 0 Å². The van der Waals surface area contributed by atoms with E-state index >= 15 is 0 Å². The number of hydrogen-bond donors (Lipinski definition) is 6. The lowest BCUT2D eigenvalue weighted by molar-refractivity contribution is -0.122. The van der Waals surface area contributed by atoms with Gasteiger partial charge in [0, 0.05) is 80.8 Å². The Morgan fingerprint density at radius 1 is 0.243 bits per heavy atom. The van der Waals surface area contributed by atoms with Crippen molar-refractivity contribution in [2.45, 2.75) is 278 Å². The molecule has 0 unspecified atom stereocenters. The van der Waals surface area contributed by atoms with Gasteiger partial charge in [0.25, 0.3) is 0 Å². The summed E-state index contributed by atoms with van der Waals surface area (Å²) in [5.74, 6) is 0.429. The van der Waals surface area contributed by atoms with E-state index in [2.05, 4.69) is 31.9 Å². The molecule has 0 aromatic heterocycles. The Bertz CT molecular complexity index is 827. The topological polar surface area (TPSA) is 143 Å². The summed E-state index contributed by atoms with van der Waals surface area (Å²) >= 11 is 0. The first kappa shape index (κ1) is 101. The molecule has 0 aliphatic heterocycles. The van der Waals surface area contributed by atoms with Crippen molar-refractivity contribution in [1.29, 1.82) is 0 Å². The van der Waals surface area contributed by atoms with Crippen LogP contribution in [-0.2, 0) is 28.5 Å². The Kier molecular flexibility index (Phi) is 142.